The molecular weight excluding hydrogens is 308 g/mol. The first kappa shape index (κ1) is 12.6. The second-order valence-electron chi connectivity index (χ2n) is 5.00. The molecule has 0 N–H and O–H groups in total. The topological polar surface area (TPSA) is 50.5 Å². The number of aromatic nitrogens is 3. The van der Waals surface area contributed by atoms with Gasteiger partial charge in [-0.05, 0) is 12.3 Å². The molecule has 3 heterocycles. The second kappa shape index (κ2) is 4.92. The minimum absolute atomic E-state index is 0.0411. The first-order chi connectivity index (χ1) is 9.16. The van der Waals surface area contributed by atoms with Gasteiger partial charge in [-0.15, -0.1) is 0 Å². The van der Waals surface area contributed by atoms with Crippen LogP contribution in [0.4, 0.5) is 0 Å². The summed E-state index contributed by atoms with van der Waals surface area (Å²) >= 11 is 3.65. The Labute approximate surface area is 119 Å². The van der Waals surface area contributed by atoms with Crippen molar-refractivity contribution < 1.29 is 4.79 Å². The molecule has 0 radical (unpaired) electrons. The van der Waals surface area contributed by atoms with E-state index in [0.29, 0.717) is 16.3 Å². The standard InChI is InChI=1S/C13H15BrN4O/c1-9-2-4-17(8-11(9)14)13(19)10-6-16-18-5-3-15-7-12(10)18/h3,5-7,9,11H,2,4,8H2,1H3. The fourth-order valence-corrected chi connectivity index (χ4v) is 2.99. The number of fused-ring (bicyclic) bond motifs is 1. The molecule has 2 unspecified atom stereocenters. The molecule has 19 heavy (non-hydrogen) atoms. The van der Waals surface area contributed by atoms with E-state index in [1.54, 1.807) is 29.3 Å². The molecule has 1 aliphatic heterocycles. The third kappa shape index (κ3) is 2.25. The highest BCUT2D eigenvalue weighted by atomic mass is 79.9. The number of halogens is 1. The fourth-order valence-electron chi connectivity index (χ4n) is 2.38. The van der Waals surface area contributed by atoms with E-state index in [0.717, 1.165) is 25.0 Å². The smallest absolute Gasteiger partial charge is 0.257 e. The molecule has 1 aliphatic rings. The van der Waals surface area contributed by atoms with Crippen LogP contribution in [0.2, 0.25) is 0 Å². The van der Waals surface area contributed by atoms with Crippen molar-refractivity contribution in [2.75, 3.05) is 13.1 Å². The van der Waals surface area contributed by atoms with E-state index in [2.05, 4.69) is 32.9 Å². The maximum Gasteiger partial charge on any atom is 0.257 e. The molecule has 2 aromatic heterocycles. The average Bonchev–Trinajstić information content (AvgIpc) is 2.85. The Morgan fingerprint density at radius 1 is 1.47 bits per heavy atom. The summed E-state index contributed by atoms with van der Waals surface area (Å²) in [5.74, 6) is 0.647. The van der Waals surface area contributed by atoms with E-state index >= 15 is 0 Å². The molecule has 1 saturated heterocycles. The first-order valence-corrected chi connectivity index (χ1v) is 7.29. The lowest BCUT2D eigenvalue weighted by atomic mass is 9.98. The third-order valence-electron chi connectivity index (χ3n) is 3.71. The number of nitrogens with zero attached hydrogens (tertiary/aromatic N) is 4. The predicted molar refractivity (Wildman–Crippen MR) is 75.4 cm³/mol. The van der Waals surface area contributed by atoms with Gasteiger partial charge in [0.2, 0.25) is 0 Å². The molecule has 1 amide bonds. The highest BCUT2D eigenvalue weighted by molar-refractivity contribution is 9.09. The van der Waals surface area contributed by atoms with Crippen LogP contribution in [0.3, 0.4) is 0 Å². The molecule has 100 valence electrons. The minimum atomic E-state index is 0.0411. The number of rotatable bonds is 1. The number of piperidine rings is 1. The number of hydrogen-bond acceptors (Lipinski definition) is 3. The monoisotopic (exact) mass is 322 g/mol. The van der Waals surface area contributed by atoms with Gasteiger partial charge in [0.25, 0.3) is 5.91 Å². The molecule has 0 saturated carbocycles. The lowest BCUT2D eigenvalue weighted by Crippen LogP contribution is -2.43. The van der Waals surface area contributed by atoms with Crippen LogP contribution in [-0.2, 0) is 0 Å². The van der Waals surface area contributed by atoms with E-state index in [4.69, 9.17) is 0 Å². The first-order valence-electron chi connectivity index (χ1n) is 6.37. The van der Waals surface area contributed by atoms with E-state index in [-0.39, 0.29) is 5.91 Å². The van der Waals surface area contributed by atoms with Crippen LogP contribution in [0, 0.1) is 5.92 Å². The maximum absolute atomic E-state index is 12.6. The summed E-state index contributed by atoms with van der Waals surface area (Å²) in [4.78, 5) is 18.9. The molecule has 0 aliphatic carbocycles. The van der Waals surface area contributed by atoms with E-state index in [9.17, 15) is 4.79 Å². The number of carbonyl (C=O) groups excluding carboxylic acids is 1. The van der Waals surface area contributed by atoms with Gasteiger partial charge in [-0.25, -0.2) is 4.52 Å². The van der Waals surface area contributed by atoms with Gasteiger partial charge in [0.05, 0.1) is 23.5 Å². The van der Waals surface area contributed by atoms with Gasteiger partial charge in [0.15, 0.2) is 0 Å². The largest absolute Gasteiger partial charge is 0.337 e. The highest BCUT2D eigenvalue weighted by Crippen LogP contribution is 2.25. The third-order valence-corrected chi connectivity index (χ3v) is 4.90. The number of alkyl halides is 1. The molecule has 5 nitrogen and oxygen atoms in total. The summed E-state index contributed by atoms with van der Waals surface area (Å²) < 4.78 is 1.68. The molecule has 3 rings (SSSR count). The molecule has 2 aromatic rings. The summed E-state index contributed by atoms with van der Waals surface area (Å²) in [6.07, 6.45) is 7.74. The lowest BCUT2D eigenvalue weighted by molar-refractivity contribution is 0.0708. The summed E-state index contributed by atoms with van der Waals surface area (Å²) in [5, 5.41) is 4.19. The molecule has 6 heteroatoms. The zero-order valence-electron chi connectivity index (χ0n) is 10.7. The van der Waals surface area contributed by atoms with Crippen molar-refractivity contribution in [3.05, 3.63) is 30.4 Å². The van der Waals surface area contributed by atoms with Gasteiger partial charge >= 0.3 is 0 Å². The minimum Gasteiger partial charge on any atom is -0.337 e. The van der Waals surface area contributed by atoms with Crippen molar-refractivity contribution in [3.63, 3.8) is 0 Å². The van der Waals surface area contributed by atoms with Crippen LogP contribution in [0.5, 0.6) is 0 Å². The summed E-state index contributed by atoms with van der Waals surface area (Å²) in [5.41, 5.74) is 1.39. The van der Waals surface area contributed by atoms with Crippen LogP contribution >= 0.6 is 15.9 Å². The van der Waals surface area contributed by atoms with E-state index in [1.807, 2.05) is 4.90 Å². The van der Waals surface area contributed by atoms with Crippen molar-refractivity contribution >= 4 is 27.4 Å². The summed E-state index contributed by atoms with van der Waals surface area (Å²) in [6, 6.07) is 0. The molecule has 2 atom stereocenters. The molecular formula is C13H15BrN4O. The molecule has 0 bridgehead atoms. The summed E-state index contributed by atoms with van der Waals surface area (Å²) in [7, 11) is 0. The van der Waals surface area contributed by atoms with Gasteiger partial charge in [-0.1, -0.05) is 22.9 Å². The Balaban J connectivity index is 1.88. The van der Waals surface area contributed by atoms with Crippen molar-refractivity contribution in [2.24, 2.45) is 5.92 Å². The van der Waals surface area contributed by atoms with E-state index in [1.165, 1.54) is 0 Å². The maximum atomic E-state index is 12.6. The Bertz CT molecular complexity index is 611. The zero-order valence-corrected chi connectivity index (χ0v) is 12.2. The Hall–Kier alpha value is -1.43. The molecule has 0 spiro atoms. The van der Waals surface area contributed by atoms with Gasteiger partial charge < -0.3 is 4.90 Å². The predicted octanol–water partition coefficient (Wildman–Crippen LogP) is 1.97. The van der Waals surface area contributed by atoms with Crippen molar-refractivity contribution in [1.82, 2.24) is 19.5 Å². The van der Waals surface area contributed by atoms with Crippen LogP contribution < -0.4 is 0 Å². The molecule has 1 fully saturated rings. The Kier molecular flexibility index (Phi) is 3.26. The van der Waals surface area contributed by atoms with Crippen molar-refractivity contribution in [3.8, 4) is 0 Å². The quantitative estimate of drug-likeness (QED) is 0.754. The summed E-state index contributed by atoms with van der Waals surface area (Å²) in [6.45, 7) is 3.76. The van der Waals surface area contributed by atoms with Gasteiger partial charge in [-0.3, -0.25) is 9.78 Å². The van der Waals surface area contributed by atoms with Gasteiger partial charge in [0.1, 0.15) is 0 Å². The van der Waals surface area contributed by atoms with Gasteiger partial charge in [-0.2, -0.15) is 5.10 Å². The highest BCUT2D eigenvalue weighted by Gasteiger charge is 2.28. The van der Waals surface area contributed by atoms with E-state index < -0.39 is 0 Å². The molecule has 0 aromatic carbocycles. The van der Waals surface area contributed by atoms with Crippen LogP contribution in [0.25, 0.3) is 5.52 Å². The lowest BCUT2D eigenvalue weighted by Gasteiger charge is -2.34. The number of amides is 1. The normalized spacial score (nSPS) is 23.8. The average molecular weight is 323 g/mol. The second-order valence-corrected chi connectivity index (χ2v) is 6.17. The number of likely N-dealkylation sites (tertiary alicyclic amines) is 1. The van der Waals surface area contributed by atoms with Crippen LogP contribution in [0.15, 0.2) is 24.8 Å². The van der Waals surface area contributed by atoms with Crippen LogP contribution in [0.1, 0.15) is 23.7 Å². The van der Waals surface area contributed by atoms with Crippen LogP contribution in [-0.4, -0.2) is 43.3 Å². The van der Waals surface area contributed by atoms with Gasteiger partial charge in [0, 0.05) is 30.3 Å². The SMILES string of the molecule is CC1CCN(C(=O)c2cnn3ccncc23)CC1Br. The zero-order chi connectivity index (χ0) is 13.4. The number of hydrogen-bond donors (Lipinski definition) is 0. The van der Waals surface area contributed by atoms with Crippen molar-refractivity contribution in [1.29, 1.82) is 0 Å². The fraction of sp³-hybridized carbons (Fsp3) is 0.462. The van der Waals surface area contributed by atoms with Crippen molar-refractivity contribution in [2.45, 2.75) is 18.2 Å². The number of carbonyl (C=O) groups is 1. The Morgan fingerprint density at radius 3 is 3.11 bits per heavy atom. The Morgan fingerprint density at radius 2 is 2.32 bits per heavy atom.